The predicted octanol–water partition coefficient (Wildman–Crippen LogP) is 15.6. The highest BCUT2D eigenvalue weighted by molar-refractivity contribution is 5.71. The molecule has 0 aromatic rings. The molecule has 6 nitrogen and oxygen atoms in total. The van der Waals surface area contributed by atoms with Crippen LogP contribution in [-0.4, -0.2) is 37.2 Å². The fraction of sp³-hybridized carbons (Fsp3) is 0.611. The Labute approximate surface area is 368 Å². The van der Waals surface area contributed by atoms with E-state index in [1.54, 1.807) is 0 Å². The first-order valence-corrected chi connectivity index (χ1v) is 23.9. The van der Waals surface area contributed by atoms with Crippen molar-refractivity contribution in [2.45, 2.75) is 200 Å². The number of carbonyl (C=O) groups excluding carboxylic acids is 3. The van der Waals surface area contributed by atoms with Crippen molar-refractivity contribution in [1.29, 1.82) is 0 Å². The van der Waals surface area contributed by atoms with E-state index in [1.165, 1.54) is 44.9 Å². The van der Waals surface area contributed by atoms with E-state index in [1.807, 2.05) is 36.5 Å². The van der Waals surface area contributed by atoms with E-state index >= 15 is 0 Å². The van der Waals surface area contributed by atoms with Crippen molar-refractivity contribution in [3.63, 3.8) is 0 Å². The Bertz CT molecular complexity index is 1280. The van der Waals surface area contributed by atoms with Gasteiger partial charge in [-0.15, -0.1) is 0 Å². The largest absolute Gasteiger partial charge is 0.462 e. The maximum absolute atomic E-state index is 12.7. The minimum atomic E-state index is -0.825. The molecule has 0 aliphatic rings. The average Bonchev–Trinajstić information content (AvgIpc) is 3.24. The maximum atomic E-state index is 12.7. The smallest absolute Gasteiger partial charge is 0.306 e. The molecule has 0 aliphatic heterocycles. The summed E-state index contributed by atoms with van der Waals surface area (Å²) in [7, 11) is 0. The van der Waals surface area contributed by atoms with Crippen LogP contribution in [0.5, 0.6) is 0 Å². The van der Waals surface area contributed by atoms with Crippen LogP contribution in [0.3, 0.4) is 0 Å². The number of hydrogen-bond acceptors (Lipinski definition) is 6. The minimum Gasteiger partial charge on any atom is -0.462 e. The van der Waals surface area contributed by atoms with Crippen LogP contribution in [0.1, 0.15) is 194 Å². The van der Waals surface area contributed by atoms with Crippen LogP contribution in [0.25, 0.3) is 0 Å². The Morgan fingerprint density at radius 2 is 0.750 bits per heavy atom. The molecule has 0 aliphatic carbocycles. The van der Waals surface area contributed by atoms with Crippen LogP contribution in [0.4, 0.5) is 0 Å². The lowest BCUT2D eigenvalue weighted by molar-refractivity contribution is -0.167. The van der Waals surface area contributed by atoms with E-state index < -0.39 is 6.10 Å². The van der Waals surface area contributed by atoms with E-state index in [-0.39, 0.29) is 44.0 Å². The van der Waals surface area contributed by atoms with E-state index in [0.29, 0.717) is 19.3 Å². The predicted molar refractivity (Wildman–Crippen MR) is 256 cm³/mol. The highest BCUT2D eigenvalue weighted by Gasteiger charge is 2.19. The highest BCUT2D eigenvalue weighted by Crippen LogP contribution is 2.12. The van der Waals surface area contributed by atoms with E-state index in [2.05, 4.69) is 93.7 Å². The molecule has 0 N–H and O–H groups in total. The van der Waals surface area contributed by atoms with Gasteiger partial charge in [-0.3, -0.25) is 14.4 Å². The lowest BCUT2D eigenvalue weighted by Crippen LogP contribution is -2.30. The minimum absolute atomic E-state index is 0.120. The molecule has 0 aromatic carbocycles. The van der Waals surface area contributed by atoms with Crippen molar-refractivity contribution >= 4 is 17.9 Å². The molecule has 6 heteroatoms. The average molecular weight is 831 g/mol. The van der Waals surface area contributed by atoms with E-state index in [0.717, 1.165) is 96.3 Å². The lowest BCUT2D eigenvalue weighted by Gasteiger charge is -2.18. The summed E-state index contributed by atoms with van der Waals surface area (Å²) < 4.78 is 16.6. The molecule has 0 amide bonds. The van der Waals surface area contributed by atoms with Gasteiger partial charge in [-0.25, -0.2) is 0 Å². The third kappa shape index (κ3) is 45.2. The summed E-state index contributed by atoms with van der Waals surface area (Å²) in [5.74, 6) is -1.04. The fourth-order valence-corrected chi connectivity index (χ4v) is 6.03. The molecular weight excluding hydrogens is 745 g/mol. The summed E-state index contributed by atoms with van der Waals surface area (Å²) in [4.78, 5) is 37.8. The number of esters is 3. The second-order valence-corrected chi connectivity index (χ2v) is 15.3. The van der Waals surface area contributed by atoms with E-state index in [4.69, 9.17) is 14.2 Å². The number of allylic oxidation sites excluding steroid dienone is 18. The molecular formula is C54H86O6. The van der Waals surface area contributed by atoms with Gasteiger partial charge in [0.1, 0.15) is 13.2 Å². The van der Waals surface area contributed by atoms with Crippen LogP contribution in [0.2, 0.25) is 0 Å². The van der Waals surface area contributed by atoms with Crippen LogP contribution < -0.4 is 0 Å². The van der Waals surface area contributed by atoms with Crippen molar-refractivity contribution in [2.24, 2.45) is 0 Å². The van der Waals surface area contributed by atoms with Gasteiger partial charge in [0.2, 0.25) is 0 Å². The maximum Gasteiger partial charge on any atom is 0.306 e. The van der Waals surface area contributed by atoms with Crippen LogP contribution in [0, 0.1) is 0 Å². The van der Waals surface area contributed by atoms with Crippen molar-refractivity contribution < 1.29 is 28.6 Å². The monoisotopic (exact) mass is 831 g/mol. The Kier molecular flexibility index (Phi) is 44.6. The highest BCUT2D eigenvalue weighted by atomic mass is 16.6. The van der Waals surface area contributed by atoms with Gasteiger partial charge in [0, 0.05) is 19.3 Å². The molecule has 0 saturated carbocycles. The van der Waals surface area contributed by atoms with Crippen molar-refractivity contribution in [3.8, 4) is 0 Å². The Morgan fingerprint density at radius 1 is 0.367 bits per heavy atom. The zero-order valence-electron chi connectivity index (χ0n) is 38.4. The molecule has 0 spiro atoms. The first-order valence-electron chi connectivity index (χ1n) is 23.9. The lowest BCUT2D eigenvalue weighted by atomic mass is 10.1. The second-order valence-electron chi connectivity index (χ2n) is 15.3. The van der Waals surface area contributed by atoms with Gasteiger partial charge in [0.25, 0.3) is 0 Å². The number of hydrogen-bond donors (Lipinski definition) is 0. The van der Waals surface area contributed by atoms with Crippen molar-refractivity contribution in [2.75, 3.05) is 13.2 Å². The van der Waals surface area contributed by atoms with Gasteiger partial charge in [-0.05, 0) is 96.3 Å². The number of rotatable bonds is 41. The third-order valence-electron chi connectivity index (χ3n) is 9.59. The normalized spacial score (nSPS) is 13.1. The quantitative estimate of drug-likeness (QED) is 0.0201. The van der Waals surface area contributed by atoms with Crippen LogP contribution in [-0.2, 0) is 28.6 Å². The molecule has 60 heavy (non-hydrogen) atoms. The molecule has 0 saturated heterocycles. The standard InChI is InChI=1S/C54H86O6/c1-4-7-10-13-16-19-22-25-26-27-28-30-32-35-38-41-44-47-53(56)59-50-51(49-58-52(55)46-43-40-37-34-31-24-21-18-15-12-9-6-3)60-54(57)48-45-42-39-36-33-29-23-20-17-14-11-8-5-2/h8-9,11-12,14,17-18,20-21,23,25-26,28-30,33,35,38,51H,4-7,10,13,15-16,19,22,24,27,31-32,34,36-37,39-50H2,1-3H3/b11-8-,12-9-,17-14-,21-18-,23-20-,26-25-,30-28-,33-29-,38-35-. The summed E-state index contributed by atoms with van der Waals surface area (Å²) in [6, 6.07) is 0. The van der Waals surface area contributed by atoms with Gasteiger partial charge in [-0.2, -0.15) is 0 Å². The molecule has 0 rings (SSSR count). The van der Waals surface area contributed by atoms with E-state index in [9.17, 15) is 14.4 Å². The zero-order valence-corrected chi connectivity index (χ0v) is 38.4. The van der Waals surface area contributed by atoms with Crippen molar-refractivity contribution in [3.05, 3.63) is 109 Å². The van der Waals surface area contributed by atoms with Gasteiger partial charge < -0.3 is 14.2 Å². The summed E-state index contributed by atoms with van der Waals surface area (Å²) in [5, 5.41) is 0. The third-order valence-corrected chi connectivity index (χ3v) is 9.59. The first-order chi connectivity index (χ1) is 29.5. The second kappa shape index (κ2) is 47.7. The SMILES string of the molecule is CC\C=C/C=C\C=C/C=C\CCCCCC(=O)OC(COC(=O)CCC/C=C\C/C=C\C/C=C\CCCCCCCC)COC(=O)CCCCCCC/C=C\C/C=C\CC. The molecule has 1 unspecified atom stereocenters. The Balaban J connectivity index is 4.55. The Morgan fingerprint density at radius 3 is 1.30 bits per heavy atom. The summed E-state index contributed by atoms with van der Waals surface area (Å²) in [5.41, 5.74) is 0. The number of carbonyl (C=O) groups is 3. The molecule has 0 fully saturated rings. The van der Waals surface area contributed by atoms with Gasteiger partial charge >= 0.3 is 17.9 Å². The zero-order chi connectivity index (χ0) is 43.7. The summed E-state index contributed by atoms with van der Waals surface area (Å²) in [6.45, 7) is 6.26. The molecule has 338 valence electrons. The fourth-order valence-electron chi connectivity index (χ4n) is 6.03. The molecule has 0 heterocycles. The molecule has 0 radical (unpaired) electrons. The topological polar surface area (TPSA) is 78.9 Å². The summed E-state index contributed by atoms with van der Waals surface area (Å²) in [6.07, 6.45) is 63.7. The van der Waals surface area contributed by atoms with Crippen LogP contribution >= 0.6 is 0 Å². The van der Waals surface area contributed by atoms with Crippen LogP contribution in [0.15, 0.2) is 109 Å². The number of unbranched alkanes of at least 4 members (excludes halogenated alkanes) is 15. The van der Waals surface area contributed by atoms with Crippen molar-refractivity contribution in [1.82, 2.24) is 0 Å². The molecule has 1 atom stereocenters. The van der Waals surface area contributed by atoms with Gasteiger partial charge in [0.15, 0.2) is 6.10 Å². The summed E-state index contributed by atoms with van der Waals surface area (Å²) >= 11 is 0. The number of ether oxygens (including phenoxy) is 3. The first kappa shape index (κ1) is 56.1. The molecule has 0 bridgehead atoms. The Hall–Kier alpha value is -3.93. The van der Waals surface area contributed by atoms with Gasteiger partial charge in [0.05, 0.1) is 0 Å². The van der Waals surface area contributed by atoms with Gasteiger partial charge in [-0.1, -0.05) is 188 Å². The molecule has 0 aromatic heterocycles.